The third kappa shape index (κ3) is 5.65. The summed E-state index contributed by atoms with van der Waals surface area (Å²) in [4.78, 5) is 28.0. The van der Waals surface area contributed by atoms with Crippen LogP contribution in [0.3, 0.4) is 0 Å². The van der Waals surface area contributed by atoms with Gasteiger partial charge in [-0.2, -0.15) is 0 Å². The van der Waals surface area contributed by atoms with Crippen molar-refractivity contribution in [2.45, 2.75) is 57.7 Å². The Balaban J connectivity index is 1.49. The number of rotatable bonds is 4. The third-order valence-corrected chi connectivity index (χ3v) is 8.50. The average molecular weight is 713 g/mol. The molecule has 36 heavy (non-hydrogen) atoms. The Hall–Kier alpha value is -1.92. The van der Waals surface area contributed by atoms with Crippen molar-refractivity contribution in [3.8, 4) is 11.5 Å². The Morgan fingerprint density at radius 1 is 0.917 bits per heavy atom. The number of ether oxygens (including phenoxy) is 2. The maximum Gasteiger partial charge on any atom is 0.347 e. The van der Waals surface area contributed by atoms with Gasteiger partial charge in [-0.3, -0.25) is 4.90 Å². The first kappa shape index (κ1) is 27.1. The molecular weight excluding hydrogens is 684 g/mol. The van der Waals surface area contributed by atoms with E-state index in [2.05, 4.69) is 62.2 Å². The molecule has 6 nitrogen and oxygen atoms in total. The van der Waals surface area contributed by atoms with Crippen LogP contribution in [-0.2, 0) is 4.74 Å². The number of nitrogens with zero attached hydrogens (tertiary/aromatic N) is 1. The molecule has 0 amide bonds. The zero-order chi connectivity index (χ0) is 26.4. The summed E-state index contributed by atoms with van der Waals surface area (Å²) in [6.45, 7) is 8.71. The van der Waals surface area contributed by atoms with E-state index in [9.17, 15) is 14.7 Å². The second-order valence-corrected chi connectivity index (χ2v) is 12.9. The smallest absolute Gasteiger partial charge is 0.347 e. The summed E-state index contributed by atoms with van der Waals surface area (Å²) in [6.07, 6.45) is 1.39. The molecule has 0 spiro atoms. The van der Waals surface area contributed by atoms with Gasteiger partial charge in [-0.15, -0.1) is 0 Å². The Bertz CT molecular complexity index is 1330. The highest BCUT2D eigenvalue weighted by molar-refractivity contribution is 14.1. The minimum Gasteiger partial charge on any atom is -0.506 e. The number of piperidine rings is 1. The van der Waals surface area contributed by atoms with E-state index in [-0.39, 0.29) is 34.5 Å². The molecule has 0 unspecified atom stereocenters. The minimum atomic E-state index is -0.632. The van der Waals surface area contributed by atoms with Crippen LogP contribution in [0.1, 0.15) is 61.3 Å². The lowest BCUT2D eigenvalue weighted by molar-refractivity contribution is -0.0732. The van der Waals surface area contributed by atoms with E-state index in [0.717, 1.165) is 27.2 Å². The summed E-state index contributed by atoms with van der Waals surface area (Å²) in [5.41, 5.74) is 0.457. The zero-order valence-electron chi connectivity index (χ0n) is 20.9. The van der Waals surface area contributed by atoms with Crippen LogP contribution in [0, 0.1) is 7.14 Å². The zero-order valence-corrected chi connectivity index (χ0v) is 25.2. The Labute approximate surface area is 238 Å². The minimum absolute atomic E-state index is 0.0724. The predicted molar refractivity (Wildman–Crippen MR) is 157 cm³/mol. The van der Waals surface area contributed by atoms with E-state index >= 15 is 0 Å². The van der Waals surface area contributed by atoms with Crippen molar-refractivity contribution in [3.05, 3.63) is 66.8 Å². The van der Waals surface area contributed by atoms with Gasteiger partial charge in [0.15, 0.2) is 0 Å². The maximum atomic E-state index is 13.0. The molecule has 0 bridgehead atoms. The molecule has 190 valence electrons. The van der Waals surface area contributed by atoms with Gasteiger partial charge < -0.3 is 14.6 Å². The Kier molecular flexibility index (Phi) is 7.60. The first-order valence-electron chi connectivity index (χ1n) is 11.7. The van der Waals surface area contributed by atoms with Gasteiger partial charge in [0.05, 0.1) is 9.13 Å². The maximum absolute atomic E-state index is 13.0. The number of phenols is 1. The van der Waals surface area contributed by atoms with Crippen molar-refractivity contribution in [1.82, 2.24) is 4.90 Å². The Morgan fingerprint density at radius 3 is 2.19 bits per heavy atom. The van der Waals surface area contributed by atoms with Gasteiger partial charge in [0, 0.05) is 27.5 Å². The monoisotopic (exact) mass is 713 g/mol. The van der Waals surface area contributed by atoms with Crippen molar-refractivity contribution < 1.29 is 24.2 Å². The second-order valence-electron chi connectivity index (χ2n) is 10.5. The number of hydrogen-bond acceptors (Lipinski definition) is 6. The normalized spacial score (nSPS) is 17.6. The predicted octanol–water partition coefficient (Wildman–Crippen LogP) is 6.78. The molecule has 0 radical (unpaired) electrons. The van der Waals surface area contributed by atoms with E-state index in [4.69, 9.17) is 9.47 Å². The van der Waals surface area contributed by atoms with Crippen molar-refractivity contribution in [3.63, 3.8) is 0 Å². The van der Waals surface area contributed by atoms with Gasteiger partial charge in [-0.1, -0.05) is 12.1 Å². The number of fused-ring (bicyclic) bond motifs is 1. The van der Waals surface area contributed by atoms with Crippen LogP contribution in [0.4, 0.5) is 0 Å². The summed E-state index contributed by atoms with van der Waals surface area (Å²) in [5, 5.41) is 11.9. The van der Waals surface area contributed by atoms with Gasteiger partial charge in [0.2, 0.25) is 0 Å². The number of likely N-dealkylation sites (tertiary alicyclic amines) is 1. The molecule has 3 aromatic carbocycles. The molecule has 1 saturated heterocycles. The number of carbonyl (C=O) groups is 2. The third-order valence-electron chi connectivity index (χ3n) is 7.05. The fraction of sp³-hybridized carbons (Fsp3) is 0.357. The summed E-state index contributed by atoms with van der Waals surface area (Å²) in [7, 11) is 2.12. The number of hydrogen-bond donors (Lipinski definition) is 1. The highest BCUT2D eigenvalue weighted by atomic mass is 127. The molecule has 1 heterocycles. The van der Waals surface area contributed by atoms with E-state index in [1.54, 1.807) is 42.5 Å². The number of benzene rings is 3. The van der Waals surface area contributed by atoms with Gasteiger partial charge in [0.25, 0.3) is 0 Å². The second kappa shape index (κ2) is 10.1. The summed E-state index contributed by atoms with van der Waals surface area (Å²) in [6, 6.07) is 13.9. The lowest BCUT2D eigenvalue weighted by Gasteiger charge is -2.53. The van der Waals surface area contributed by atoms with Gasteiger partial charge in [-0.05, 0) is 127 Å². The molecule has 4 rings (SSSR count). The Morgan fingerprint density at radius 2 is 1.53 bits per heavy atom. The van der Waals surface area contributed by atoms with Crippen molar-refractivity contribution >= 4 is 67.9 Å². The fourth-order valence-electron chi connectivity index (χ4n) is 4.88. The van der Waals surface area contributed by atoms with E-state index < -0.39 is 5.97 Å². The van der Waals surface area contributed by atoms with E-state index in [1.807, 2.05) is 28.7 Å². The lowest BCUT2D eigenvalue weighted by Crippen LogP contribution is -2.60. The highest BCUT2D eigenvalue weighted by Gasteiger charge is 2.44. The summed E-state index contributed by atoms with van der Waals surface area (Å²) < 4.78 is 12.9. The summed E-state index contributed by atoms with van der Waals surface area (Å²) >= 11 is 4.07. The number of phenolic OH excluding ortho intramolecular Hbond substituents is 1. The summed E-state index contributed by atoms with van der Waals surface area (Å²) in [5.74, 6) is -0.710. The van der Waals surface area contributed by atoms with E-state index in [0.29, 0.717) is 14.9 Å². The molecular formula is C28H29I2NO5. The number of carbonyl (C=O) groups excluding carboxylic acids is 2. The van der Waals surface area contributed by atoms with Crippen LogP contribution < -0.4 is 4.74 Å². The van der Waals surface area contributed by atoms with Gasteiger partial charge in [-0.25, -0.2) is 9.59 Å². The van der Waals surface area contributed by atoms with Crippen LogP contribution >= 0.6 is 45.2 Å². The highest BCUT2D eigenvalue weighted by Crippen LogP contribution is 2.38. The van der Waals surface area contributed by atoms with Crippen molar-refractivity contribution in [2.75, 3.05) is 7.05 Å². The number of aromatic hydroxyl groups is 1. The van der Waals surface area contributed by atoms with Crippen LogP contribution in [0.25, 0.3) is 10.8 Å². The number of halogens is 2. The van der Waals surface area contributed by atoms with Gasteiger partial charge in [0.1, 0.15) is 23.2 Å². The van der Waals surface area contributed by atoms with Crippen LogP contribution in [0.5, 0.6) is 11.5 Å². The first-order valence-corrected chi connectivity index (χ1v) is 13.8. The van der Waals surface area contributed by atoms with Crippen LogP contribution in [-0.4, -0.2) is 46.2 Å². The molecule has 1 aliphatic heterocycles. The lowest BCUT2D eigenvalue weighted by atomic mass is 9.79. The molecule has 1 N–H and O–H groups in total. The average Bonchev–Trinajstić information content (AvgIpc) is 2.79. The molecule has 0 aromatic heterocycles. The van der Waals surface area contributed by atoms with Gasteiger partial charge >= 0.3 is 11.9 Å². The molecule has 1 fully saturated rings. The van der Waals surface area contributed by atoms with Crippen LogP contribution in [0.15, 0.2) is 48.5 Å². The van der Waals surface area contributed by atoms with Crippen molar-refractivity contribution in [2.24, 2.45) is 0 Å². The molecule has 8 heteroatoms. The van der Waals surface area contributed by atoms with Crippen molar-refractivity contribution in [1.29, 1.82) is 0 Å². The molecule has 1 aliphatic rings. The quantitative estimate of drug-likeness (QED) is 0.183. The molecule has 3 aromatic rings. The standard InChI is InChI=1S/C28H29I2NO5/c1-27(2)14-21(15-28(3,4)31(27)5)36-25(33)18-7-6-17-11-20(9-8-16(17)10-18)35-26(34)22-12-19(29)13-23(30)24(22)32/h6-13,21,32H,14-15H2,1-5H3. The SMILES string of the molecule is CN1C(C)(C)CC(OC(=O)c2ccc3cc(OC(=O)c4cc(I)cc(I)c4O)ccc3c2)CC1(C)C. The molecule has 0 atom stereocenters. The largest absolute Gasteiger partial charge is 0.506 e. The topological polar surface area (TPSA) is 76.1 Å². The molecule has 0 saturated carbocycles. The van der Waals surface area contributed by atoms with Crippen LogP contribution in [0.2, 0.25) is 0 Å². The first-order chi connectivity index (χ1) is 16.8. The number of esters is 2. The molecule has 0 aliphatic carbocycles. The van der Waals surface area contributed by atoms with E-state index in [1.165, 1.54) is 0 Å². The fourth-order valence-corrected chi connectivity index (χ4v) is 6.73.